The lowest BCUT2D eigenvalue weighted by atomic mass is 9.97. The van der Waals surface area contributed by atoms with Crippen LogP contribution in [0.2, 0.25) is 0 Å². The van der Waals surface area contributed by atoms with Crippen LogP contribution in [-0.2, 0) is 9.53 Å². The maximum absolute atomic E-state index is 11.1. The number of esters is 1. The van der Waals surface area contributed by atoms with Crippen molar-refractivity contribution in [3.63, 3.8) is 0 Å². The number of aryl methyl sites for hydroxylation is 1. The average Bonchev–Trinajstić information content (AvgIpc) is 2.36. The van der Waals surface area contributed by atoms with Crippen molar-refractivity contribution in [1.29, 1.82) is 5.26 Å². The number of nitrogens with zero attached hydrogens (tertiary/aromatic N) is 1. The summed E-state index contributed by atoms with van der Waals surface area (Å²) in [6.45, 7) is 1.71. The highest BCUT2D eigenvalue weighted by atomic mass is 16.5. The molecule has 2 unspecified atom stereocenters. The number of ether oxygens (including phenoxy) is 1. The molecular formula is C12H13NO4. The molecular weight excluding hydrogens is 222 g/mol. The van der Waals surface area contributed by atoms with Gasteiger partial charge in [-0.1, -0.05) is 6.07 Å². The fourth-order valence-corrected chi connectivity index (χ4v) is 1.45. The van der Waals surface area contributed by atoms with Gasteiger partial charge in [0.1, 0.15) is 6.10 Å². The number of rotatable bonds is 3. The minimum atomic E-state index is -1.66. The minimum absolute atomic E-state index is 0.335. The molecule has 90 valence electrons. The molecule has 0 saturated carbocycles. The quantitative estimate of drug-likeness (QED) is 0.741. The molecule has 0 amide bonds. The Morgan fingerprint density at radius 1 is 1.47 bits per heavy atom. The van der Waals surface area contributed by atoms with Crippen LogP contribution in [0, 0.1) is 18.3 Å². The first-order valence-electron chi connectivity index (χ1n) is 4.96. The summed E-state index contributed by atoms with van der Waals surface area (Å²) in [5.74, 6) is -0.917. The molecule has 0 aliphatic heterocycles. The van der Waals surface area contributed by atoms with E-state index in [9.17, 15) is 15.0 Å². The monoisotopic (exact) mass is 235 g/mol. The zero-order valence-electron chi connectivity index (χ0n) is 9.54. The fraction of sp³-hybridized carbons (Fsp3) is 0.333. The Morgan fingerprint density at radius 3 is 2.65 bits per heavy atom. The Bertz CT molecular complexity index is 464. The number of methoxy groups -OCH3 is 1. The maximum atomic E-state index is 11.1. The van der Waals surface area contributed by atoms with Crippen LogP contribution >= 0.6 is 0 Å². The second kappa shape index (κ2) is 5.43. The van der Waals surface area contributed by atoms with Gasteiger partial charge < -0.3 is 14.9 Å². The van der Waals surface area contributed by atoms with Crippen molar-refractivity contribution in [2.75, 3.05) is 7.11 Å². The highest BCUT2D eigenvalue weighted by Crippen LogP contribution is 2.22. The minimum Gasteiger partial charge on any atom is -0.467 e. The molecule has 0 aliphatic rings. The fourth-order valence-electron chi connectivity index (χ4n) is 1.45. The van der Waals surface area contributed by atoms with Crippen LogP contribution < -0.4 is 0 Å². The first kappa shape index (κ1) is 13.2. The molecule has 2 atom stereocenters. The molecule has 5 nitrogen and oxygen atoms in total. The Kier molecular flexibility index (Phi) is 4.21. The summed E-state index contributed by atoms with van der Waals surface area (Å²) in [4.78, 5) is 11.1. The third-order valence-corrected chi connectivity index (χ3v) is 2.47. The Balaban J connectivity index is 3.07. The van der Waals surface area contributed by atoms with E-state index >= 15 is 0 Å². The first-order chi connectivity index (χ1) is 8.01. The van der Waals surface area contributed by atoms with E-state index in [-0.39, 0.29) is 0 Å². The summed E-state index contributed by atoms with van der Waals surface area (Å²) >= 11 is 0. The molecule has 0 heterocycles. The predicted octanol–water partition coefficient (Wildman–Crippen LogP) is 0.434. The van der Waals surface area contributed by atoms with Gasteiger partial charge in [-0.2, -0.15) is 5.26 Å². The summed E-state index contributed by atoms with van der Waals surface area (Å²) in [7, 11) is 1.12. The number of benzene rings is 1. The van der Waals surface area contributed by atoms with E-state index in [2.05, 4.69) is 4.74 Å². The molecule has 17 heavy (non-hydrogen) atoms. The van der Waals surface area contributed by atoms with Gasteiger partial charge in [0.25, 0.3) is 0 Å². The molecule has 0 saturated heterocycles. The molecule has 0 fully saturated rings. The van der Waals surface area contributed by atoms with Crippen molar-refractivity contribution >= 4 is 5.97 Å². The second-order valence-electron chi connectivity index (χ2n) is 3.60. The highest BCUT2D eigenvalue weighted by Gasteiger charge is 2.27. The Hall–Kier alpha value is -1.90. The summed E-state index contributed by atoms with van der Waals surface area (Å²) < 4.78 is 4.34. The van der Waals surface area contributed by atoms with Crippen molar-refractivity contribution in [3.8, 4) is 6.07 Å². The normalized spacial score (nSPS) is 13.6. The van der Waals surface area contributed by atoms with E-state index in [0.29, 0.717) is 16.7 Å². The molecule has 0 aromatic heterocycles. The Labute approximate surface area is 98.9 Å². The number of hydrogen-bond acceptors (Lipinski definition) is 5. The molecule has 2 N–H and O–H groups in total. The number of carbonyl (C=O) groups is 1. The van der Waals surface area contributed by atoms with E-state index in [1.807, 2.05) is 6.07 Å². The van der Waals surface area contributed by atoms with Crippen molar-refractivity contribution in [2.24, 2.45) is 0 Å². The summed E-state index contributed by atoms with van der Waals surface area (Å²) in [5, 5.41) is 28.1. The lowest BCUT2D eigenvalue weighted by Gasteiger charge is -2.18. The molecule has 0 spiro atoms. The molecule has 0 bridgehead atoms. The number of aliphatic hydroxyl groups excluding tert-OH is 2. The number of hydrogen-bond donors (Lipinski definition) is 2. The van der Waals surface area contributed by atoms with Crippen molar-refractivity contribution in [2.45, 2.75) is 19.1 Å². The summed E-state index contributed by atoms with van der Waals surface area (Å²) in [5.41, 5.74) is 1.36. The van der Waals surface area contributed by atoms with Gasteiger partial charge in [-0.25, -0.2) is 4.79 Å². The van der Waals surface area contributed by atoms with E-state index in [1.165, 1.54) is 6.07 Å². The molecule has 0 radical (unpaired) electrons. The maximum Gasteiger partial charge on any atom is 0.337 e. The zero-order chi connectivity index (χ0) is 13.0. The molecule has 1 aromatic rings. The number of carbonyl (C=O) groups excluding carboxylic acids is 1. The zero-order valence-corrected chi connectivity index (χ0v) is 9.54. The Morgan fingerprint density at radius 2 is 2.12 bits per heavy atom. The van der Waals surface area contributed by atoms with Crippen LogP contribution in [0.15, 0.2) is 18.2 Å². The smallest absolute Gasteiger partial charge is 0.337 e. The lowest BCUT2D eigenvalue weighted by molar-refractivity contribution is -0.156. The SMILES string of the molecule is COC(=O)C(O)C(O)c1cc(C#N)ccc1C. The van der Waals surface area contributed by atoms with E-state index in [0.717, 1.165) is 7.11 Å². The van der Waals surface area contributed by atoms with E-state index < -0.39 is 18.2 Å². The largest absolute Gasteiger partial charge is 0.467 e. The number of nitriles is 1. The van der Waals surface area contributed by atoms with Crippen LogP contribution in [0.3, 0.4) is 0 Å². The van der Waals surface area contributed by atoms with Gasteiger partial charge in [0, 0.05) is 0 Å². The third kappa shape index (κ3) is 2.81. The first-order valence-corrected chi connectivity index (χ1v) is 4.96. The summed E-state index contributed by atoms with van der Waals surface area (Å²) in [6, 6.07) is 6.59. The summed E-state index contributed by atoms with van der Waals surface area (Å²) in [6.07, 6.45) is -3.07. The van der Waals surface area contributed by atoms with Gasteiger partial charge >= 0.3 is 5.97 Å². The molecule has 1 rings (SSSR count). The van der Waals surface area contributed by atoms with Gasteiger partial charge in [0.2, 0.25) is 0 Å². The van der Waals surface area contributed by atoms with Crippen molar-refractivity contribution in [3.05, 3.63) is 34.9 Å². The average molecular weight is 235 g/mol. The van der Waals surface area contributed by atoms with Crippen molar-refractivity contribution < 1.29 is 19.7 Å². The molecule has 1 aromatic carbocycles. The topological polar surface area (TPSA) is 90.6 Å². The van der Waals surface area contributed by atoms with E-state index in [1.54, 1.807) is 19.1 Å². The van der Waals surface area contributed by atoms with Crippen LogP contribution in [0.1, 0.15) is 22.8 Å². The van der Waals surface area contributed by atoms with Crippen LogP contribution in [0.4, 0.5) is 0 Å². The standard InChI is InChI=1S/C12H13NO4/c1-7-3-4-8(6-13)5-9(7)10(14)11(15)12(16)17-2/h3-5,10-11,14-15H,1-2H3. The van der Waals surface area contributed by atoms with Gasteiger partial charge in [-0.05, 0) is 30.2 Å². The van der Waals surface area contributed by atoms with E-state index in [4.69, 9.17) is 5.26 Å². The van der Waals surface area contributed by atoms with Gasteiger partial charge in [0.05, 0.1) is 18.7 Å². The predicted molar refractivity (Wildman–Crippen MR) is 58.9 cm³/mol. The van der Waals surface area contributed by atoms with Crippen LogP contribution in [0.5, 0.6) is 0 Å². The van der Waals surface area contributed by atoms with Gasteiger partial charge in [0.15, 0.2) is 6.10 Å². The number of aliphatic hydroxyl groups is 2. The lowest BCUT2D eigenvalue weighted by Crippen LogP contribution is -2.29. The van der Waals surface area contributed by atoms with Crippen LogP contribution in [-0.4, -0.2) is 29.4 Å². The third-order valence-electron chi connectivity index (χ3n) is 2.47. The molecule has 5 heteroatoms. The van der Waals surface area contributed by atoms with Crippen molar-refractivity contribution in [1.82, 2.24) is 0 Å². The molecule has 0 aliphatic carbocycles. The highest BCUT2D eigenvalue weighted by molar-refractivity contribution is 5.75. The van der Waals surface area contributed by atoms with Gasteiger partial charge in [-0.15, -0.1) is 0 Å². The second-order valence-corrected chi connectivity index (χ2v) is 3.60. The van der Waals surface area contributed by atoms with Gasteiger partial charge in [-0.3, -0.25) is 0 Å². The van der Waals surface area contributed by atoms with Crippen LogP contribution in [0.25, 0.3) is 0 Å².